The molecule has 24 heavy (non-hydrogen) atoms. The average Bonchev–Trinajstić information content (AvgIpc) is 3.03. The minimum atomic E-state index is -0.395. The third-order valence-electron chi connectivity index (χ3n) is 4.34. The van der Waals surface area contributed by atoms with Crippen LogP contribution in [0.25, 0.3) is 10.9 Å². The van der Waals surface area contributed by atoms with Crippen LogP contribution in [0.4, 0.5) is 5.82 Å². The zero-order valence-electron chi connectivity index (χ0n) is 14.2. The standard InChI is InChI=1S/C18H24N4O2/c1-12(2)19-16(23)11-22-15-10-6-5-9-14(15)17(21-18(22)24)20-13-7-3-4-8-13/h5-6,9-10,12-13H,3-4,7-8,11H2,1-2H3,(H,19,23)(H,20,21,24). The van der Waals surface area contributed by atoms with Gasteiger partial charge in [0.15, 0.2) is 0 Å². The molecular weight excluding hydrogens is 304 g/mol. The first-order chi connectivity index (χ1) is 11.5. The molecule has 1 saturated carbocycles. The highest BCUT2D eigenvalue weighted by Crippen LogP contribution is 2.25. The Hall–Kier alpha value is -2.37. The van der Waals surface area contributed by atoms with E-state index < -0.39 is 5.69 Å². The summed E-state index contributed by atoms with van der Waals surface area (Å²) in [6.45, 7) is 3.77. The van der Waals surface area contributed by atoms with Gasteiger partial charge >= 0.3 is 5.69 Å². The van der Waals surface area contributed by atoms with E-state index in [-0.39, 0.29) is 18.5 Å². The highest BCUT2D eigenvalue weighted by Gasteiger charge is 2.18. The van der Waals surface area contributed by atoms with Gasteiger partial charge in [0.25, 0.3) is 0 Å². The fraction of sp³-hybridized carbons (Fsp3) is 0.500. The lowest BCUT2D eigenvalue weighted by Gasteiger charge is -2.17. The van der Waals surface area contributed by atoms with Gasteiger partial charge in [0.2, 0.25) is 5.91 Å². The second kappa shape index (κ2) is 7.03. The third kappa shape index (κ3) is 3.58. The average molecular weight is 328 g/mol. The van der Waals surface area contributed by atoms with E-state index in [4.69, 9.17) is 0 Å². The first-order valence-electron chi connectivity index (χ1n) is 8.60. The molecule has 3 rings (SSSR count). The van der Waals surface area contributed by atoms with Crippen LogP contribution in [-0.2, 0) is 11.3 Å². The smallest absolute Gasteiger partial charge is 0.350 e. The molecule has 1 fully saturated rings. The van der Waals surface area contributed by atoms with Crippen molar-refractivity contribution in [3.63, 3.8) is 0 Å². The molecule has 0 spiro atoms. The molecule has 128 valence electrons. The molecule has 1 aromatic heterocycles. The molecule has 6 nitrogen and oxygen atoms in total. The van der Waals surface area contributed by atoms with Crippen LogP contribution in [0.1, 0.15) is 39.5 Å². The number of aromatic nitrogens is 2. The molecule has 1 amide bonds. The minimum absolute atomic E-state index is 0.0196. The van der Waals surface area contributed by atoms with E-state index in [1.165, 1.54) is 17.4 Å². The lowest BCUT2D eigenvalue weighted by molar-refractivity contribution is -0.122. The number of anilines is 1. The molecule has 2 N–H and O–H groups in total. The number of carbonyl (C=O) groups excluding carboxylic acids is 1. The van der Waals surface area contributed by atoms with Crippen molar-refractivity contribution < 1.29 is 4.79 Å². The van der Waals surface area contributed by atoms with Crippen molar-refractivity contribution in [2.24, 2.45) is 0 Å². The number of nitrogens with zero attached hydrogens (tertiary/aromatic N) is 2. The minimum Gasteiger partial charge on any atom is -0.367 e. The zero-order chi connectivity index (χ0) is 17.1. The van der Waals surface area contributed by atoms with Crippen LogP contribution >= 0.6 is 0 Å². The normalized spacial score (nSPS) is 15.1. The number of hydrogen-bond acceptors (Lipinski definition) is 4. The lowest BCUT2D eigenvalue weighted by Crippen LogP contribution is -2.37. The van der Waals surface area contributed by atoms with E-state index in [1.54, 1.807) is 0 Å². The Bertz CT molecular complexity index is 791. The van der Waals surface area contributed by atoms with Gasteiger partial charge in [0.05, 0.1) is 5.52 Å². The molecule has 6 heteroatoms. The monoisotopic (exact) mass is 328 g/mol. The van der Waals surface area contributed by atoms with Crippen molar-refractivity contribution in [2.75, 3.05) is 5.32 Å². The van der Waals surface area contributed by atoms with Gasteiger partial charge < -0.3 is 10.6 Å². The number of benzene rings is 1. The van der Waals surface area contributed by atoms with Crippen molar-refractivity contribution in [3.05, 3.63) is 34.7 Å². The zero-order valence-corrected chi connectivity index (χ0v) is 14.2. The van der Waals surface area contributed by atoms with E-state index in [0.29, 0.717) is 11.9 Å². The van der Waals surface area contributed by atoms with Crippen LogP contribution in [0.5, 0.6) is 0 Å². The van der Waals surface area contributed by atoms with Crippen molar-refractivity contribution in [3.8, 4) is 0 Å². The maximum absolute atomic E-state index is 12.5. The number of nitrogens with one attached hydrogen (secondary N) is 2. The number of para-hydroxylation sites is 1. The van der Waals surface area contributed by atoms with Crippen LogP contribution in [0.3, 0.4) is 0 Å². The second-order valence-electron chi connectivity index (χ2n) is 6.69. The third-order valence-corrected chi connectivity index (χ3v) is 4.34. The molecule has 2 aromatic rings. The van der Waals surface area contributed by atoms with Crippen LogP contribution in [0, 0.1) is 0 Å². The van der Waals surface area contributed by atoms with Gasteiger partial charge in [-0.25, -0.2) is 4.79 Å². The first-order valence-corrected chi connectivity index (χ1v) is 8.60. The molecule has 1 aromatic carbocycles. The van der Waals surface area contributed by atoms with Gasteiger partial charge in [0, 0.05) is 17.5 Å². The number of carbonyl (C=O) groups is 1. The van der Waals surface area contributed by atoms with Gasteiger partial charge in [-0.3, -0.25) is 9.36 Å². The van der Waals surface area contributed by atoms with E-state index in [1.807, 2.05) is 38.1 Å². The van der Waals surface area contributed by atoms with Crippen LogP contribution < -0.4 is 16.3 Å². The number of fused-ring (bicyclic) bond motifs is 1. The Balaban J connectivity index is 1.97. The van der Waals surface area contributed by atoms with Crippen molar-refractivity contribution >= 4 is 22.6 Å². The largest absolute Gasteiger partial charge is 0.367 e. The molecular formula is C18H24N4O2. The van der Waals surface area contributed by atoms with Crippen molar-refractivity contribution in [2.45, 2.75) is 58.2 Å². The molecule has 1 heterocycles. The van der Waals surface area contributed by atoms with E-state index in [2.05, 4.69) is 15.6 Å². The molecule has 0 saturated heterocycles. The maximum Gasteiger partial charge on any atom is 0.350 e. The predicted octanol–water partition coefficient (Wildman–Crippen LogP) is 2.28. The Morgan fingerprint density at radius 1 is 1.29 bits per heavy atom. The summed E-state index contributed by atoms with van der Waals surface area (Å²) in [7, 11) is 0. The number of hydrogen-bond donors (Lipinski definition) is 2. The summed E-state index contributed by atoms with van der Waals surface area (Å²) in [4.78, 5) is 28.8. The summed E-state index contributed by atoms with van der Waals surface area (Å²) in [6.07, 6.45) is 4.63. The predicted molar refractivity (Wildman–Crippen MR) is 95.2 cm³/mol. The highest BCUT2D eigenvalue weighted by molar-refractivity contribution is 5.90. The van der Waals surface area contributed by atoms with Gasteiger partial charge in [-0.2, -0.15) is 4.98 Å². The summed E-state index contributed by atoms with van der Waals surface area (Å²) in [6, 6.07) is 8.01. The molecule has 0 aliphatic heterocycles. The van der Waals surface area contributed by atoms with E-state index in [9.17, 15) is 9.59 Å². The topological polar surface area (TPSA) is 76.0 Å². The van der Waals surface area contributed by atoms with Crippen LogP contribution in [0.2, 0.25) is 0 Å². The molecule has 0 atom stereocenters. The van der Waals surface area contributed by atoms with Crippen LogP contribution in [-0.4, -0.2) is 27.5 Å². The van der Waals surface area contributed by atoms with E-state index >= 15 is 0 Å². The van der Waals surface area contributed by atoms with Gasteiger partial charge in [-0.1, -0.05) is 25.0 Å². The highest BCUT2D eigenvalue weighted by atomic mass is 16.2. The maximum atomic E-state index is 12.5. The van der Waals surface area contributed by atoms with Gasteiger partial charge in [-0.05, 0) is 38.8 Å². The number of rotatable bonds is 5. The number of amides is 1. The molecule has 0 radical (unpaired) electrons. The lowest BCUT2D eigenvalue weighted by atomic mass is 10.2. The summed E-state index contributed by atoms with van der Waals surface area (Å²) < 4.78 is 1.44. The van der Waals surface area contributed by atoms with Gasteiger partial charge in [0.1, 0.15) is 12.4 Å². The second-order valence-corrected chi connectivity index (χ2v) is 6.69. The summed E-state index contributed by atoms with van der Waals surface area (Å²) in [5.74, 6) is 0.443. The molecule has 0 unspecified atom stereocenters. The Morgan fingerprint density at radius 2 is 2.00 bits per heavy atom. The molecule has 0 bridgehead atoms. The summed E-state index contributed by atoms with van der Waals surface area (Å²) in [5, 5.41) is 7.10. The fourth-order valence-electron chi connectivity index (χ4n) is 3.27. The van der Waals surface area contributed by atoms with Crippen molar-refractivity contribution in [1.82, 2.24) is 14.9 Å². The van der Waals surface area contributed by atoms with E-state index in [0.717, 1.165) is 23.7 Å². The summed E-state index contributed by atoms with van der Waals surface area (Å²) in [5.41, 5.74) is 0.338. The summed E-state index contributed by atoms with van der Waals surface area (Å²) >= 11 is 0. The quantitative estimate of drug-likeness (QED) is 0.883. The Morgan fingerprint density at radius 3 is 2.71 bits per heavy atom. The Kier molecular flexibility index (Phi) is 4.83. The molecule has 1 aliphatic rings. The Labute approximate surface area is 141 Å². The SMILES string of the molecule is CC(C)NC(=O)Cn1c(=O)nc(NC2CCCC2)c2ccccc21. The van der Waals surface area contributed by atoms with Crippen molar-refractivity contribution in [1.29, 1.82) is 0 Å². The first kappa shape index (κ1) is 16.5. The fourth-order valence-corrected chi connectivity index (χ4v) is 3.27. The van der Waals surface area contributed by atoms with Crippen LogP contribution in [0.15, 0.2) is 29.1 Å². The van der Waals surface area contributed by atoms with Gasteiger partial charge in [-0.15, -0.1) is 0 Å². The molecule has 1 aliphatic carbocycles.